The van der Waals surface area contributed by atoms with Crippen LogP contribution >= 0.6 is 27.3 Å². The van der Waals surface area contributed by atoms with Gasteiger partial charge < -0.3 is 4.57 Å². The fourth-order valence-corrected chi connectivity index (χ4v) is 2.22. The highest BCUT2D eigenvalue weighted by Gasteiger charge is 2.10. The molecule has 0 spiro atoms. The lowest BCUT2D eigenvalue weighted by Gasteiger charge is -2.08. The van der Waals surface area contributed by atoms with E-state index in [0.29, 0.717) is 0 Å². The Labute approximate surface area is 94.9 Å². The van der Waals surface area contributed by atoms with E-state index in [9.17, 15) is 0 Å². The van der Waals surface area contributed by atoms with Crippen molar-refractivity contribution in [3.63, 3.8) is 0 Å². The zero-order chi connectivity index (χ0) is 9.97. The first-order valence-electron chi connectivity index (χ1n) is 4.29. The summed E-state index contributed by atoms with van der Waals surface area (Å²) >= 11 is 5.05. The maximum absolute atomic E-state index is 4.29. The van der Waals surface area contributed by atoms with Gasteiger partial charge in [0.25, 0.3) is 0 Å². The van der Waals surface area contributed by atoms with Crippen LogP contribution in [-0.2, 0) is 5.33 Å². The topological polar surface area (TPSA) is 30.7 Å². The lowest BCUT2D eigenvalue weighted by Crippen LogP contribution is -2.03. The second-order valence-corrected chi connectivity index (χ2v) is 4.48. The summed E-state index contributed by atoms with van der Waals surface area (Å²) in [6.07, 6.45) is 5.72. The minimum absolute atomic E-state index is 0.273. The molecular weight excluding hydrogens is 262 g/mol. The van der Waals surface area contributed by atoms with Gasteiger partial charge >= 0.3 is 0 Å². The second kappa shape index (κ2) is 4.23. The zero-order valence-corrected chi connectivity index (χ0v) is 10.1. The molecule has 0 aliphatic rings. The van der Waals surface area contributed by atoms with Crippen LogP contribution in [0.3, 0.4) is 0 Å². The normalized spacial score (nSPS) is 13.0. The van der Waals surface area contributed by atoms with E-state index in [2.05, 4.69) is 37.4 Å². The van der Waals surface area contributed by atoms with Crippen molar-refractivity contribution >= 4 is 27.3 Å². The van der Waals surface area contributed by atoms with E-state index in [-0.39, 0.29) is 6.04 Å². The Morgan fingerprint density at radius 3 is 3.00 bits per heavy atom. The van der Waals surface area contributed by atoms with Gasteiger partial charge in [-0.25, -0.2) is 9.97 Å². The molecular formula is C9H10BrN3S. The molecule has 74 valence electrons. The van der Waals surface area contributed by atoms with E-state index in [4.69, 9.17) is 0 Å². The molecule has 0 aliphatic heterocycles. The van der Waals surface area contributed by atoms with E-state index >= 15 is 0 Å². The highest BCUT2D eigenvalue weighted by Crippen LogP contribution is 2.20. The van der Waals surface area contributed by atoms with Crippen molar-refractivity contribution in [2.75, 3.05) is 0 Å². The summed E-state index contributed by atoms with van der Waals surface area (Å²) < 4.78 is 2.08. The third kappa shape index (κ3) is 1.88. The summed E-state index contributed by atoms with van der Waals surface area (Å²) in [5.41, 5.74) is 1.05. The standard InChI is InChI=1S/C9H10BrN3S/c1-7(9-11-2-3-14-9)13-5-8(4-10)12-6-13/h2-3,5-7H,4H2,1H3. The van der Waals surface area contributed by atoms with E-state index < -0.39 is 0 Å². The Morgan fingerprint density at radius 1 is 1.57 bits per heavy atom. The molecule has 0 aromatic carbocycles. The Balaban J connectivity index is 2.23. The molecule has 0 amide bonds. The molecule has 0 saturated carbocycles. The molecule has 1 unspecified atom stereocenters. The van der Waals surface area contributed by atoms with Gasteiger partial charge in [-0.3, -0.25) is 0 Å². The van der Waals surface area contributed by atoms with Crippen molar-refractivity contribution in [3.8, 4) is 0 Å². The summed E-state index contributed by atoms with van der Waals surface area (Å²) in [6.45, 7) is 2.12. The molecule has 2 rings (SSSR count). The molecule has 0 aliphatic carbocycles. The number of nitrogens with zero attached hydrogens (tertiary/aromatic N) is 3. The van der Waals surface area contributed by atoms with Crippen molar-refractivity contribution in [2.45, 2.75) is 18.3 Å². The van der Waals surface area contributed by atoms with Gasteiger partial charge in [-0.1, -0.05) is 15.9 Å². The van der Waals surface area contributed by atoms with Crippen LogP contribution in [0.15, 0.2) is 24.1 Å². The lowest BCUT2D eigenvalue weighted by atomic mass is 10.3. The molecule has 2 aromatic rings. The molecule has 0 saturated heterocycles. The molecule has 2 aromatic heterocycles. The number of alkyl halides is 1. The summed E-state index contributed by atoms with van der Waals surface area (Å²) in [5.74, 6) is 0. The van der Waals surface area contributed by atoms with Gasteiger partial charge in [0, 0.05) is 23.1 Å². The van der Waals surface area contributed by atoms with Crippen LogP contribution in [0.2, 0.25) is 0 Å². The number of hydrogen-bond acceptors (Lipinski definition) is 3. The molecule has 1 atom stereocenters. The smallest absolute Gasteiger partial charge is 0.115 e. The maximum atomic E-state index is 4.29. The van der Waals surface area contributed by atoms with Crippen LogP contribution in [0.25, 0.3) is 0 Å². The van der Waals surface area contributed by atoms with Gasteiger partial charge in [-0.15, -0.1) is 11.3 Å². The Bertz CT molecular complexity index is 396. The van der Waals surface area contributed by atoms with Crippen LogP contribution in [0.1, 0.15) is 23.7 Å². The number of aromatic nitrogens is 3. The van der Waals surface area contributed by atoms with Gasteiger partial charge in [0.1, 0.15) is 5.01 Å². The Hall–Kier alpha value is -0.680. The van der Waals surface area contributed by atoms with E-state index in [0.717, 1.165) is 16.0 Å². The molecule has 5 heteroatoms. The van der Waals surface area contributed by atoms with Crippen molar-refractivity contribution < 1.29 is 0 Å². The van der Waals surface area contributed by atoms with Crippen molar-refractivity contribution in [2.24, 2.45) is 0 Å². The number of imidazole rings is 1. The van der Waals surface area contributed by atoms with Crippen LogP contribution in [0.4, 0.5) is 0 Å². The average Bonchev–Trinajstić information content (AvgIpc) is 2.88. The van der Waals surface area contributed by atoms with Crippen LogP contribution in [-0.4, -0.2) is 14.5 Å². The average molecular weight is 272 g/mol. The molecule has 2 heterocycles. The highest BCUT2D eigenvalue weighted by atomic mass is 79.9. The van der Waals surface area contributed by atoms with E-state index in [1.54, 1.807) is 11.3 Å². The van der Waals surface area contributed by atoms with Crippen molar-refractivity contribution in [1.29, 1.82) is 0 Å². The Kier molecular flexibility index (Phi) is 2.98. The third-order valence-electron chi connectivity index (χ3n) is 2.05. The zero-order valence-electron chi connectivity index (χ0n) is 7.72. The van der Waals surface area contributed by atoms with Crippen molar-refractivity contribution in [3.05, 3.63) is 34.8 Å². The fourth-order valence-electron chi connectivity index (χ4n) is 1.23. The molecule has 0 radical (unpaired) electrons. The van der Waals surface area contributed by atoms with Gasteiger partial charge in [0.2, 0.25) is 0 Å². The van der Waals surface area contributed by atoms with Crippen molar-refractivity contribution in [1.82, 2.24) is 14.5 Å². The third-order valence-corrected chi connectivity index (χ3v) is 3.57. The van der Waals surface area contributed by atoms with Gasteiger partial charge in [0.05, 0.1) is 18.1 Å². The predicted octanol–water partition coefficient (Wildman–Crippen LogP) is 2.84. The largest absolute Gasteiger partial charge is 0.328 e. The minimum atomic E-state index is 0.273. The maximum Gasteiger partial charge on any atom is 0.115 e. The first-order chi connectivity index (χ1) is 6.81. The monoisotopic (exact) mass is 271 g/mol. The summed E-state index contributed by atoms with van der Waals surface area (Å²) in [6, 6.07) is 0.273. The second-order valence-electron chi connectivity index (χ2n) is 2.99. The summed E-state index contributed by atoms with van der Waals surface area (Å²) in [7, 11) is 0. The molecule has 3 nitrogen and oxygen atoms in total. The van der Waals surface area contributed by atoms with Gasteiger partial charge in [-0.05, 0) is 6.92 Å². The fraction of sp³-hybridized carbons (Fsp3) is 0.333. The molecule has 0 fully saturated rings. The number of thiazole rings is 1. The molecule has 14 heavy (non-hydrogen) atoms. The lowest BCUT2D eigenvalue weighted by molar-refractivity contribution is 0.633. The highest BCUT2D eigenvalue weighted by molar-refractivity contribution is 9.08. The quantitative estimate of drug-likeness (QED) is 0.804. The van der Waals surface area contributed by atoms with E-state index in [1.807, 2.05) is 24.1 Å². The van der Waals surface area contributed by atoms with Crippen LogP contribution in [0.5, 0.6) is 0 Å². The van der Waals surface area contributed by atoms with Crippen LogP contribution < -0.4 is 0 Å². The molecule has 0 bridgehead atoms. The van der Waals surface area contributed by atoms with E-state index in [1.165, 1.54) is 0 Å². The number of halogens is 1. The first-order valence-corrected chi connectivity index (χ1v) is 6.29. The van der Waals surface area contributed by atoms with Gasteiger partial charge in [0.15, 0.2) is 0 Å². The Morgan fingerprint density at radius 2 is 2.43 bits per heavy atom. The number of rotatable bonds is 3. The molecule has 0 N–H and O–H groups in total. The minimum Gasteiger partial charge on any atom is -0.328 e. The summed E-state index contributed by atoms with van der Waals surface area (Å²) in [5, 5.41) is 3.90. The first kappa shape index (κ1) is 9.86. The SMILES string of the molecule is CC(c1nccs1)n1cnc(CBr)c1. The summed E-state index contributed by atoms with van der Waals surface area (Å²) in [4.78, 5) is 8.54. The van der Waals surface area contributed by atoms with Crippen LogP contribution in [0, 0.1) is 0 Å². The number of hydrogen-bond donors (Lipinski definition) is 0. The van der Waals surface area contributed by atoms with Gasteiger partial charge in [-0.2, -0.15) is 0 Å². The predicted molar refractivity (Wildman–Crippen MR) is 60.8 cm³/mol.